The maximum absolute atomic E-state index is 12.2. The van der Waals surface area contributed by atoms with Crippen LogP contribution >= 0.6 is 0 Å². The molecular formula is C17H24N6O3. The first-order valence-corrected chi connectivity index (χ1v) is 8.56. The Morgan fingerprint density at radius 2 is 1.92 bits per heavy atom. The molecule has 1 atom stereocenters. The Bertz CT molecular complexity index is 790. The Hall–Kier alpha value is -2.84. The minimum Gasteiger partial charge on any atom is -0.348 e. The van der Waals surface area contributed by atoms with Crippen LogP contribution in [0, 0.1) is 18.8 Å². The van der Waals surface area contributed by atoms with Gasteiger partial charge < -0.3 is 10.6 Å². The van der Waals surface area contributed by atoms with Crippen LogP contribution in [0.1, 0.15) is 39.8 Å². The van der Waals surface area contributed by atoms with Crippen molar-refractivity contribution in [2.24, 2.45) is 21.8 Å². The number of amides is 3. The van der Waals surface area contributed by atoms with Crippen molar-refractivity contribution in [3.8, 4) is 0 Å². The second-order valence-electron chi connectivity index (χ2n) is 6.60. The fraction of sp³-hybridized carbons (Fsp3) is 0.529. The molecule has 0 saturated carbocycles. The summed E-state index contributed by atoms with van der Waals surface area (Å²) in [5, 5.41) is 9.26. The van der Waals surface area contributed by atoms with Crippen LogP contribution in [0.25, 0.3) is 0 Å². The van der Waals surface area contributed by atoms with E-state index in [9.17, 15) is 14.4 Å². The highest BCUT2D eigenvalue weighted by molar-refractivity contribution is 6.39. The first kappa shape index (κ1) is 19.5. The van der Waals surface area contributed by atoms with Gasteiger partial charge in [0.2, 0.25) is 0 Å². The number of aromatic nitrogens is 2. The number of carbonyl (C=O) groups is 3. The molecule has 2 heterocycles. The highest BCUT2D eigenvalue weighted by Crippen LogP contribution is 2.17. The molecule has 9 nitrogen and oxygen atoms in total. The maximum Gasteiger partial charge on any atom is 0.314 e. The summed E-state index contributed by atoms with van der Waals surface area (Å²) >= 11 is 0. The summed E-state index contributed by atoms with van der Waals surface area (Å²) in [6.45, 7) is 9.63. The maximum atomic E-state index is 12.2. The van der Waals surface area contributed by atoms with Gasteiger partial charge in [-0.2, -0.15) is 14.8 Å². The third kappa shape index (κ3) is 4.41. The van der Waals surface area contributed by atoms with Crippen molar-refractivity contribution >= 4 is 35.2 Å². The van der Waals surface area contributed by atoms with Crippen LogP contribution in [0.4, 0.5) is 5.82 Å². The Morgan fingerprint density at radius 1 is 1.23 bits per heavy atom. The molecule has 1 aliphatic rings. The first-order chi connectivity index (χ1) is 12.2. The molecule has 0 fully saturated rings. The van der Waals surface area contributed by atoms with Gasteiger partial charge in [0.25, 0.3) is 11.9 Å². The molecule has 0 aromatic carbocycles. The summed E-state index contributed by atoms with van der Waals surface area (Å²) in [6.07, 6.45) is 0.614. The van der Waals surface area contributed by atoms with Gasteiger partial charge in [-0.3, -0.25) is 14.4 Å². The van der Waals surface area contributed by atoms with Crippen LogP contribution in [0.15, 0.2) is 16.1 Å². The zero-order valence-corrected chi connectivity index (χ0v) is 15.7. The highest BCUT2D eigenvalue weighted by Gasteiger charge is 2.27. The van der Waals surface area contributed by atoms with Crippen molar-refractivity contribution in [3.05, 3.63) is 11.8 Å². The third-order valence-electron chi connectivity index (χ3n) is 3.84. The van der Waals surface area contributed by atoms with E-state index in [1.54, 1.807) is 19.9 Å². The van der Waals surface area contributed by atoms with Gasteiger partial charge in [-0.05, 0) is 26.2 Å². The van der Waals surface area contributed by atoms with Gasteiger partial charge in [0.15, 0.2) is 0 Å². The largest absolute Gasteiger partial charge is 0.348 e. The van der Waals surface area contributed by atoms with Gasteiger partial charge in [0, 0.05) is 18.3 Å². The van der Waals surface area contributed by atoms with Crippen molar-refractivity contribution < 1.29 is 14.4 Å². The molecule has 1 aromatic heterocycles. The zero-order chi connectivity index (χ0) is 19.4. The monoisotopic (exact) mass is 360 g/mol. The number of hydrogen-bond acceptors (Lipinski definition) is 5. The van der Waals surface area contributed by atoms with Crippen LogP contribution < -0.4 is 10.6 Å². The number of anilines is 1. The fourth-order valence-corrected chi connectivity index (χ4v) is 2.47. The fourth-order valence-electron chi connectivity index (χ4n) is 2.47. The van der Waals surface area contributed by atoms with Crippen LogP contribution in [-0.4, -0.2) is 45.7 Å². The van der Waals surface area contributed by atoms with Crippen molar-refractivity contribution in [1.82, 2.24) is 15.1 Å². The number of aryl methyl sites for hydroxylation is 1. The first-order valence-electron chi connectivity index (χ1n) is 8.56. The van der Waals surface area contributed by atoms with Crippen molar-refractivity contribution in [1.29, 1.82) is 0 Å². The zero-order valence-electron chi connectivity index (χ0n) is 15.7. The molecule has 0 aliphatic carbocycles. The molecule has 1 aromatic rings. The molecule has 0 spiro atoms. The van der Waals surface area contributed by atoms with Gasteiger partial charge in [0.1, 0.15) is 5.82 Å². The summed E-state index contributed by atoms with van der Waals surface area (Å²) in [6, 6.07) is 1.58. The van der Waals surface area contributed by atoms with Crippen molar-refractivity contribution in [2.75, 3.05) is 11.9 Å². The molecule has 1 aliphatic heterocycles. The number of carbonyl (C=O) groups excluding carboxylic acids is 3. The van der Waals surface area contributed by atoms with E-state index in [1.807, 2.05) is 20.8 Å². The van der Waals surface area contributed by atoms with E-state index >= 15 is 0 Å². The highest BCUT2D eigenvalue weighted by atomic mass is 16.2. The van der Waals surface area contributed by atoms with E-state index in [0.717, 1.165) is 0 Å². The van der Waals surface area contributed by atoms with Crippen molar-refractivity contribution in [2.45, 2.75) is 41.0 Å². The molecule has 0 radical (unpaired) electrons. The van der Waals surface area contributed by atoms with Crippen LogP contribution in [-0.2, 0) is 14.4 Å². The summed E-state index contributed by atoms with van der Waals surface area (Å²) in [4.78, 5) is 44.4. The minimum absolute atomic E-state index is 0.0724. The lowest BCUT2D eigenvalue weighted by Crippen LogP contribution is -2.38. The van der Waals surface area contributed by atoms with Gasteiger partial charge >= 0.3 is 11.8 Å². The second kappa shape index (κ2) is 8.03. The van der Waals surface area contributed by atoms with E-state index in [0.29, 0.717) is 24.4 Å². The molecule has 1 unspecified atom stereocenters. The topological polar surface area (TPSA) is 118 Å². The molecule has 9 heteroatoms. The number of rotatable bonds is 4. The number of nitrogens with one attached hydrogen (secondary N) is 2. The lowest BCUT2D eigenvalue weighted by Gasteiger charge is -2.17. The average Bonchev–Trinajstić information content (AvgIpc) is 2.92. The minimum atomic E-state index is -0.818. The quantitative estimate of drug-likeness (QED) is 0.783. The Labute approximate surface area is 152 Å². The lowest BCUT2D eigenvalue weighted by atomic mass is 10.00. The molecular weight excluding hydrogens is 336 g/mol. The van der Waals surface area contributed by atoms with E-state index < -0.39 is 11.8 Å². The van der Waals surface area contributed by atoms with Gasteiger partial charge in [0.05, 0.1) is 11.6 Å². The Kier molecular flexibility index (Phi) is 6.01. The molecule has 26 heavy (non-hydrogen) atoms. The third-order valence-corrected chi connectivity index (χ3v) is 3.84. The molecule has 2 rings (SSSR count). The van der Waals surface area contributed by atoms with Gasteiger partial charge in [-0.25, -0.2) is 4.99 Å². The van der Waals surface area contributed by atoms with E-state index in [1.165, 1.54) is 4.68 Å². The molecule has 0 saturated heterocycles. The Balaban J connectivity index is 2.22. The van der Waals surface area contributed by atoms with Gasteiger partial charge in [-0.15, -0.1) is 0 Å². The summed E-state index contributed by atoms with van der Waals surface area (Å²) < 4.78 is 1.26. The molecule has 0 bridgehead atoms. The molecule has 140 valence electrons. The van der Waals surface area contributed by atoms with Crippen LogP contribution in [0.2, 0.25) is 0 Å². The predicted octanol–water partition coefficient (Wildman–Crippen LogP) is 1.13. The standard InChI is InChI=1S/C17H24N6O3/c1-6-12-11(5)19-17(21-14(12)24)23-13(7-10(4)22-23)20-16(26)15(25)18-8-9(2)3/h7,9,12H,6,8H2,1-5H3,(H,18,25)(H,20,26). The number of nitrogens with zero attached hydrogens (tertiary/aromatic N) is 4. The smallest absolute Gasteiger partial charge is 0.314 e. The van der Waals surface area contributed by atoms with E-state index in [2.05, 4.69) is 25.7 Å². The van der Waals surface area contributed by atoms with E-state index in [4.69, 9.17) is 0 Å². The molecule has 3 amide bonds. The second-order valence-corrected chi connectivity index (χ2v) is 6.60. The van der Waals surface area contributed by atoms with Gasteiger partial charge in [-0.1, -0.05) is 20.8 Å². The summed E-state index contributed by atoms with van der Waals surface area (Å²) in [5.74, 6) is -1.66. The lowest BCUT2D eigenvalue weighted by molar-refractivity contribution is -0.136. The average molecular weight is 360 g/mol. The van der Waals surface area contributed by atoms with Crippen LogP contribution in [0.5, 0.6) is 0 Å². The summed E-state index contributed by atoms with van der Waals surface area (Å²) in [7, 11) is 0. The molecule has 2 N–H and O–H groups in total. The van der Waals surface area contributed by atoms with Crippen molar-refractivity contribution in [3.63, 3.8) is 0 Å². The normalized spacial score (nSPS) is 17.0. The number of hydrogen-bond donors (Lipinski definition) is 2. The SMILES string of the molecule is CCC1C(=O)N=C(n2nc(C)cc2NC(=O)C(=O)NCC(C)C)N=C1C. The Morgan fingerprint density at radius 3 is 2.50 bits per heavy atom. The number of aliphatic imine (C=N–C) groups is 2. The van der Waals surface area contributed by atoms with Crippen LogP contribution in [0.3, 0.4) is 0 Å². The summed E-state index contributed by atoms with van der Waals surface area (Å²) in [5.41, 5.74) is 1.23. The van der Waals surface area contributed by atoms with E-state index in [-0.39, 0.29) is 29.5 Å². The predicted molar refractivity (Wildman–Crippen MR) is 98.2 cm³/mol.